The van der Waals surface area contributed by atoms with Gasteiger partial charge in [0.05, 0.1) is 5.69 Å². The fourth-order valence-corrected chi connectivity index (χ4v) is 1.57. The van der Waals surface area contributed by atoms with Crippen LogP contribution in [0.25, 0.3) is 5.69 Å². The number of benzene rings is 1. The van der Waals surface area contributed by atoms with Crippen molar-refractivity contribution in [3.63, 3.8) is 0 Å². The van der Waals surface area contributed by atoms with Crippen molar-refractivity contribution in [2.45, 2.75) is 0 Å². The number of hydrogen-bond acceptors (Lipinski definition) is 2. The van der Waals surface area contributed by atoms with E-state index >= 15 is 0 Å². The quantitative estimate of drug-likeness (QED) is 0.870. The lowest BCUT2D eigenvalue weighted by Crippen LogP contribution is -2.19. The SMILES string of the molecule is NC(=O)c1c(F)cc(-n2ccccc2=O)cc1F. The average molecular weight is 250 g/mol. The lowest BCUT2D eigenvalue weighted by atomic mass is 10.1. The Hall–Kier alpha value is -2.50. The van der Waals surface area contributed by atoms with Crippen LogP contribution in [0.1, 0.15) is 10.4 Å². The van der Waals surface area contributed by atoms with Crippen LogP contribution < -0.4 is 11.3 Å². The first-order chi connectivity index (χ1) is 8.50. The zero-order valence-electron chi connectivity index (χ0n) is 9.06. The van der Waals surface area contributed by atoms with Crippen molar-refractivity contribution in [1.82, 2.24) is 4.57 Å². The van der Waals surface area contributed by atoms with Gasteiger partial charge in [0, 0.05) is 12.3 Å². The lowest BCUT2D eigenvalue weighted by molar-refractivity contribution is 0.0992. The van der Waals surface area contributed by atoms with E-state index in [0.29, 0.717) is 0 Å². The predicted octanol–water partition coefficient (Wildman–Crippen LogP) is 1.21. The van der Waals surface area contributed by atoms with Crippen LogP contribution in [0.3, 0.4) is 0 Å². The van der Waals surface area contributed by atoms with Crippen LogP contribution >= 0.6 is 0 Å². The Labute approximate surface area is 100 Å². The van der Waals surface area contributed by atoms with Crippen molar-refractivity contribution in [2.75, 3.05) is 0 Å². The molecule has 0 bridgehead atoms. The molecule has 0 spiro atoms. The number of carbonyl (C=O) groups excluding carboxylic acids is 1. The van der Waals surface area contributed by atoms with E-state index < -0.39 is 28.7 Å². The molecule has 0 fully saturated rings. The Balaban J connectivity index is 2.66. The molecule has 92 valence electrons. The predicted molar refractivity (Wildman–Crippen MR) is 60.5 cm³/mol. The third-order valence-corrected chi connectivity index (χ3v) is 2.37. The zero-order chi connectivity index (χ0) is 13.3. The number of nitrogens with two attached hydrogens (primary N) is 1. The molecule has 1 amide bonds. The van der Waals surface area contributed by atoms with Gasteiger partial charge < -0.3 is 5.73 Å². The van der Waals surface area contributed by atoms with Crippen LogP contribution in [0, 0.1) is 11.6 Å². The first-order valence-corrected chi connectivity index (χ1v) is 4.97. The second-order valence-corrected chi connectivity index (χ2v) is 3.56. The minimum absolute atomic E-state index is 0.0133. The van der Waals surface area contributed by atoms with E-state index in [-0.39, 0.29) is 5.69 Å². The standard InChI is InChI=1S/C12H8F2N2O2/c13-8-5-7(6-9(14)11(8)12(15)18)16-4-2-1-3-10(16)17/h1-6H,(H2,15,18). The van der Waals surface area contributed by atoms with Gasteiger partial charge in [-0.05, 0) is 18.2 Å². The Morgan fingerprint density at radius 2 is 1.78 bits per heavy atom. The number of primary amides is 1. The molecule has 0 radical (unpaired) electrons. The number of aromatic nitrogens is 1. The van der Waals surface area contributed by atoms with Crippen LogP contribution in [0.4, 0.5) is 8.78 Å². The van der Waals surface area contributed by atoms with Gasteiger partial charge in [-0.15, -0.1) is 0 Å². The monoisotopic (exact) mass is 250 g/mol. The first kappa shape index (κ1) is 12.0. The lowest BCUT2D eigenvalue weighted by Gasteiger charge is -2.07. The fraction of sp³-hybridized carbons (Fsp3) is 0. The molecule has 0 aliphatic carbocycles. The highest BCUT2D eigenvalue weighted by Crippen LogP contribution is 2.16. The van der Waals surface area contributed by atoms with Gasteiger partial charge in [0.2, 0.25) is 0 Å². The molecule has 1 aromatic carbocycles. The van der Waals surface area contributed by atoms with Gasteiger partial charge in [-0.2, -0.15) is 0 Å². The summed E-state index contributed by atoms with van der Waals surface area (Å²) in [4.78, 5) is 22.3. The van der Waals surface area contributed by atoms with Gasteiger partial charge in [-0.3, -0.25) is 14.2 Å². The van der Waals surface area contributed by atoms with E-state index in [1.807, 2.05) is 0 Å². The summed E-state index contributed by atoms with van der Waals surface area (Å²) < 4.78 is 28.1. The highest BCUT2D eigenvalue weighted by Gasteiger charge is 2.16. The van der Waals surface area contributed by atoms with E-state index in [2.05, 4.69) is 0 Å². The number of hydrogen-bond donors (Lipinski definition) is 1. The summed E-state index contributed by atoms with van der Waals surface area (Å²) in [6.45, 7) is 0. The number of rotatable bonds is 2. The molecule has 0 unspecified atom stereocenters. The molecule has 4 nitrogen and oxygen atoms in total. The van der Waals surface area contributed by atoms with Crippen molar-refractivity contribution >= 4 is 5.91 Å². The van der Waals surface area contributed by atoms with Crippen molar-refractivity contribution in [3.8, 4) is 5.69 Å². The molecule has 1 heterocycles. The molecule has 0 atom stereocenters. The Morgan fingerprint density at radius 1 is 1.17 bits per heavy atom. The topological polar surface area (TPSA) is 65.1 Å². The number of nitrogens with zero attached hydrogens (tertiary/aromatic N) is 1. The van der Waals surface area contributed by atoms with Gasteiger partial charge in [0.1, 0.15) is 17.2 Å². The molecule has 2 rings (SSSR count). The maximum atomic E-state index is 13.5. The van der Waals surface area contributed by atoms with Gasteiger partial charge in [-0.25, -0.2) is 8.78 Å². The number of pyridine rings is 1. The number of halogens is 2. The fourth-order valence-electron chi connectivity index (χ4n) is 1.57. The summed E-state index contributed by atoms with van der Waals surface area (Å²) in [6, 6.07) is 6.05. The summed E-state index contributed by atoms with van der Waals surface area (Å²) >= 11 is 0. The number of carbonyl (C=O) groups is 1. The van der Waals surface area contributed by atoms with Gasteiger partial charge >= 0.3 is 0 Å². The Kier molecular flexibility index (Phi) is 2.93. The molecule has 0 aliphatic heterocycles. The summed E-state index contributed by atoms with van der Waals surface area (Å²) in [5.74, 6) is -3.40. The molecular formula is C12H8F2N2O2. The van der Waals surface area contributed by atoms with Crippen molar-refractivity contribution < 1.29 is 13.6 Å². The van der Waals surface area contributed by atoms with Crippen LogP contribution in [0.5, 0.6) is 0 Å². The third kappa shape index (κ3) is 2.00. The van der Waals surface area contributed by atoms with Gasteiger partial charge in [0.15, 0.2) is 0 Å². The van der Waals surface area contributed by atoms with Crippen LogP contribution in [0.15, 0.2) is 41.3 Å². The second-order valence-electron chi connectivity index (χ2n) is 3.56. The van der Waals surface area contributed by atoms with Crippen molar-refractivity contribution in [2.24, 2.45) is 5.73 Å². The third-order valence-electron chi connectivity index (χ3n) is 2.37. The Bertz CT molecular complexity index is 657. The normalized spacial score (nSPS) is 10.3. The molecule has 6 heteroatoms. The maximum Gasteiger partial charge on any atom is 0.255 e. The van der Waals surface area contributed by atoms with E-state index in [9.17, 15) is 18.4 Å². The summed E-state index contributed by atoms with van der Waals surface area (Å²) in [5.41, 5.74) is 3.57. The first-order valence-electron chi connectivity index (χ1n) is 4.97. The molecule has 0 saturated carbocycles. The summed E-state index contributed by atoms with van der Waals surface area (Å²) in [6.07, 6.45) is 1.36. The molecule has 1 aromatic heterocycles. The number of amides is 1. The van der Waals surface area contributed by atoms with Crippen LogP contribution in [0.2, 0.25) is 0 Å². The molecule has 0 saturated heterocycles. The minimum Gasteiger partial charge on any atom is -0.365 e. The molecule has 2 N–H and O–H groups in total. The van der Waals surface area contributed by atoms with E-state index in [0.717, 1.165) is 16.7 Å². The van der Waals surface area contributed by atoms with Gasteiger partial charge in [-0.1, -0.05) is 6.07 Å². The van der Waals surface area contributed by atoms with Crippen molar-refractivity contribution in [3.05, 3.63) is 64.1 Å². The zero-order valence-corrected chi connectivity index (χ0v) is 9.06. The highest BCUT2D eigenvalue weighted by atomic mass is 19.1. The summed E-state index contributed by atoms with van der Waals surface area (Å²) in [5, 5.41) is 0. The summed E-state index contributed by atoms with van der Waals surface area (Å²) in [7, 11) is 0. The smallest absolute Gasteiger partial charge is 0.255 e. The maximum absolute atomic E-state index is 13.5. The largest absolute Gasteiger partial charge is 0.365 e. The van der Waals surface area contributed by atoms with E-state index in [1.165, 1.54) is 18.3 Å². The molecule has 0 aliphatic rings. The average Bonchev–Trinajstić information content (AvgIpc) is 2.27. The molecule has 18 heavy (non-hydrogen) atoms. The van der Waals surface area contributed by atoms with E-state index in [4.69, 9.17) is 5.73 Å². The van der Waals surface area contributed by atoms with Crippen LogP contribution in [-0.4, -0.2) is 10.5 Å². The second kappa shape index (κ2) is 4.40. The Morgan fingerprint density at radius 3 is 2.28 bits per heavy atom. The van der Waals surface area contributed by atoms with Gasteiger partial charge in [0.25, 0.3) is 11.5 Å². The van der Waals surface area contributed by atoms with Crippen LogP contribution in [-0.2, 0) is 0 Å². The minimum atomic E-state index is -1.20. The molecule has 2 aromatic rings. The van der Waals surface area contributed by atoms with Crippen molar-refractivity contribution in [1.29, 1.82) is 0 Å². The van der Waals surface area contributed by atoms with E-state index in [1.54, 1.807) is 6.07 Å². The molecular weight excluding hydrogens is 242 g/mol. The highest BCUT2D eigenvalue weighted by molar-refractivity contribution is 5.93.